The van der Waals surface area contributed by atoms with E-state index in [0.29, 0.717) is 13.0 Å². The Balaban J connectivity index is 1.66. The molecule has 1 aliphatic heterocycles. The second-order valence-electron chi connectivity index (χ2n) is 6.66. The molecule has 0 fully saturated rings. The fourth-order valence-electron chi connectivity index (χ4n) is 3.26. The van der Waals surface area contributed by atoms with Crippen molar-refractivity contribution < 1.29 is 14.3 Å². The first kappa shape index (κ1) is 19.4. The van der Waals surface area contributed by atoms with Gasteiger partial charge in [0.2, 0.25) is 11.8 Å². The maximum absolute atomic E-state index is 12.4. The molecule has 1 aromatic heterocycles. The summed E-state index contributed by atoms with van der Waals surface area (Å²) in [6.07, 6.45) is 0.467. The van der Waals surface area contributed by atoms with Gasteiger partial charge < -0.3 is 15.4 Å². The van der Waals surface area contributed by atoms with Crippen LogP contribution in [0.15, 0.2) is 33.9 Å². The van der Waals surface area contributed by atoms with E-state index >= 15 is 0 Å². The average molecular weight is 386 g/mol. The van der Waals surface area contributed by atoms with Gasteiger partial charge in [0.05, 0.1) is 18.6 Å². The van der Waals surface area contributed by atoms with Crippen molar-refractivity contribution in [1.29, 1.82) is 0 Å². The van der Waals surface area contributed by atoms with Crippen LogP contribution in [0, 0.1) is 0 Å². The van der Waals surface area contributed by atoms with Gasteiger partial charge in [0.25, 0.3) is 5.56 Å². The minimum absolute atomic E-state index is 0.153. The van der Waals surface area contributed by atoms with Crippen LogP contribution in [0.4, 0.5) is 5.82 Å². The summed E-state index contributed by atoms with van der Waals surface area (Å²) in [6, 6.07) is 7.51. The van der Waals surface area contributed by atoms with Gasteiger partial charge in [-0.1, -0.05) is 12.1 Å². The fraction of sp³-hybridized carbons (Fsp3) is 0.368. The Hall–Kier alpha value is -3.36. The van der Waals surface area contributed by atoms with Crippen molar-refractivity contribution in [1.82, 2.24) is 14.5 Å². The number of nitrogens with one attached hydrogen (secondary N) is 2. The maximum atomic E-state index is 12.4. The van der Waals surface area contributed by atoms with Gasteiger partial charge in [0.15, 0.2) is 0 Å². The fourth-order valence-corrected chi connectivity index (χ4v) is 3.26. The van der Waals surface area contributed by atoms with Crippen LogP contribution in [-0.2, 0) is 30.1 Å². The molecule has 9 heteroatoms. The Labute approximate surface area is 160 Å². The standard InChI is InChI=1S/C19H22N4O5/c1-22-16-15(18(26)23(2)19(22)27)13(17(25)21-16)10-14(24)20-9-8-11-4-6-12(28-3)7-5-11/h4-7,13H,8-10H2,1-3H3,(H,20,24)(H,21,25). The van der Waals surface area contributed by atoms with Gasteiger partial charge in [0.1, 0.15) is 11.6 Å². The first-order valence-corrected chi connectivity index (χ1v) is 8.84. The number of carbonyl (C=O) groups excluding carboxylic acids is 2. The number of hydrogen-bond acceptors (Lipinski definition) is 5. The largest absolute Gasteiger partial charge is 0.497 e. The number of nitrogens with zero attached hydrogens (tertiary/aromatic N) is 2. The summed E-state index contributed by atoms with van der Waals surface area (Å²) in [5.41, 5.74) is 0.0926. The Morgan fingerprint density at radius 1 is 1.14 bits per heavy atom. The topological polar surface area (TPSA) is 111 Å². The predicted molar refractivity (Wildman–Crippen MR) is 103 cm³/mol. The third-order valence-corrected chi connectivity index (χ3v) is 4.89. The van der Waals surface area contributed by atoms with Crippen LogP contribution in [0.5, 0.6) is 5.75 Å². The smallest absolute Gasteiger partial charge is 0.332 e. The highest BCUT2D eigenvalue weighted by Crippen LogP contribution is 2.30. The molecule has 148 valence electrons. The van der Waals surface area contributed by atoms with Crippen molar-refractivity contribution >= 4 is 17.6 Å². The molecule has 0 radical (unpaired) electrons. The SMILES string of the molecule is COc1ccc(CCNC(=O)CC2C(=O)Nc3c2c(=O)n(C)c(=O)n3C)cc1. The maximum Gasteiger partial charge on any atom is 0.332 e. The highest BCUT2D eigenvalue weighted by atomic mass is 16.5. The highest BCUT2D eigenvalue weighted by Gasteiger charge is 2.37. The van der Waals surface area contributed by atoms with Gasteiger partial charge in [-0.25, -0.2) is 4.79 Å². The van der Waals surface area contributed by atoms with Gasteiger partial charge in [-0.15, -0.1) is 0 Å². The molecule has 28 heavy (non-hydrogen) atoms. The number of aromatic nitrogens is 2. The molecule has 0 spiro atoms. The molecule has 2 aromatic rings. The molecule has 1 aromatic carbocycles. The third-order valence-electron chi connectivity index (χ3n) is 4.89. The van der Waals surface area contributed by atoms with E-state index in [9.17, 15) is 19.2 Å². The van der Waals surface area contributed by atoms with E-state index in [1.807, 2.05) is 24.3 Å². The molecule has 2 heterocycles. The van der Waals surface area contributed by atoms with Gasteiger partial charge in [0, 0.05) is 27.1 Å². The summed E-state index contributed by atoms with van der Waals surface area (Å²) in [4.78, 5) is 49.0. The van der Waals surface area contributed by atoms with Crippen molar-refractivity contribution in [3.8, 4) is 5.75 Å². The number of carbonyl (C=O) groups is 2. The minimum Gasteiger partial charge on any atom is -0.497 e. The second kappa shape index (κ2) is 7.71. The van der Waals surface area contributed by atoms with E-state index in [-0.39, 0.29) is 23.7 Å². The van der Waals surface area contributed by atoms with E-state index in [4.69, 9.17) is 4.74 Å². The van der Waals surface area contributed by atoms with Gasteiger partial charge in [-0.05, 0) is 24.1 Å². The zero-order chi connectivity index (χ0) is 20.4. The number of anilines is 1. The lowest BCUT2D eigenvalue weighted by Crippen LogP contribution is -2.39. The average Bonchev–Trinajstić information content (AvgIpc) is 3.01. The zero-order valence-electron chi connectivity index (χ0n) is 15.9. The molecule has 9 nitrogen and oxygen atoms in total. The molecule has 0 bridgehead atoms. The Morgan fingerprint density at radius 3 is 2.46 bits per heavy atom. The Kier molecular flexibility index (Phi) is 5.34. The summed E-state index contributed by atoms with van der Waals surface area (Å²) >= 11 is 0. The molecule has 0 saturated carbocycles. The Bertz CT molecular complexity index is 1040. The lowest BCUT2D eigenvalue weighted by Gasteiger charge is -2.11. The molecule has 1 atom stereocenters. The molecule has 0 saturated heterocycles. The first-order chi connectivity index (χ1) is 13.3. The van der Waals surface area contributed by atoms with Crippen LogP contribution in [-0.4, -0.2) is 34.6 Å². The van der Waals surface area contributed by atoms with Crippen molar-refractivity contribution in [3.63, 3.8) is 0 Å². The molecule has 1 unspecified atom stereocenters. The summed E-state index contributed by atoms with van der Waals surface area (Å²) in [6.45, 7) is 0.400. The number of rotatable bonds is 6. The number of amides is 2. The molecule has 1 aliphatic rings. The molecule has 2 amide bonds. The minimum atomic E-state index is -0.915. The molecule has 0 aliphatic carbocycles. The van der Waals surface area contributed by atoms with Crippen LogP contribution in [0.25, 0.3) is 0 Å². The number of methoxy groups -OCH3 is 1. The van der Waals surface area contributed by atoms with Crippen molar-refractivity contribution in [2.45, 2.75) is 18.8 Å². The monoisotopic (exact) mass is 386 g/mol. The number of hydrogen-bond donors (Lipinski definition) is 2. The van der Waals surface area contributed by atoms with Crippen LogP contribution < -0.4 is 26.6 Å². The summed E-state index contributed by atoms with van der Waals surface area (Å²) in [5.74, 6) is -0.790. The van der Waals surface area contributed by atoms with E-state index in [0.717, 1.165) is 15.9 Å². The van der Waals surface area contributed by atoms with Crippen molar-refractivity contribution in [3.05, 3.63) is 56.2 Å². The lowest BCUT2D eigenvalue weighted by atomic mass is 9.99. The van der Waals surface area contributed by atoms with Gasteiger partial charge >= 0.3 is 5.69 Å². The van der Waals surface area contributed by atoms with E-state index in [2.05, 4.69) is 10.6 Å². The highest BCUT2D eigenvalue weighted by molar-refractivity contribution is 6.03. The normalized spacial score (nSPS) is 15.1. The zero-order valence-corrected chi connectivity index (χ0v) is 15.9. The first-order valence-electron chi connectivity index (χ1n) is 8.84. The molecular formula is C19H22N4O5. The summed E-state index contributed by atoms with van der Waals surface area (Å²) in [7, 11) is 4.41. The van der Waals surface area contributed by atoms with Crippen LogP contribution in [0.2, 0.25) is 0 Å². The van der Waals surface area contributed by atoms with Crippen LogP contribution >= 0.6 is 0 Å². The number of benzene rings is 1. The van der Waals surface area contributed by atoms with Gasteiger partial charge in [-0.2, -0.15) is 0 Å². The predicted octanol–water partition coefficient (Wildman–Crippen LogP) is -0.123. The molecule has 2 N–H and O–H groups in total. The van der Waals surface area contributed by atoms with Crippen molar-refractivity contribution in [2.75, 3.05) is 19.0 Å². The summed E-state index contributed by atoms with van der Waals surface area (Å²) < 4.78 is 7.25. The number of fused-ring (bicyclic) bond motifs is 1. The summed E-state index contributed by atoms with van der Waals surface area (Å²) in [5, 5.41) is 5.31. The quantitative estimate of drug-likeness (QED) is 0.719. The lowest BCUT2D eigenvalue weighted by molar-refractivity contribution is -0.125. The number of ether oxygens (including phenoxy) is 1. The second-order valence-corrected chi connectivity index (χ2v) is 6.66. The van der Waals surface area contributed by atoms with Crippen LogP contribution in [0.3, 0.4) is 0 Å². The van der Waals surface area contributed by atoms with E-state index in [1.165, 1.54) is 18.7 Å². The van der Waals surface area contributed by atoms with Crippen LogP contribution in [0.1, 0.15) is 23.5 Å². The van der Waals surface area contributed by atoms with E-state index < -0.39 is 23.1 Å². The Morgan fingerprint density at radius 2 is 1.82 bits per heavy atom. The molecular weight excluding hydrogens is 364 g/mol. The molecule has 3 rings (SSSR count). The van der Waals surface area contributed by atoms with Crippen molar-refractivity contribution in [2.24, 2.45) is 14.1 Å². The third kappa shape index (κ3) is 3.55. The van der Waals surface area contributed by atoms with E-state index in [1.54, 1.807) is 7.11 Å². The van der Waals surface area contributed by atoms with Gasteiger partial charge in [-0.3, -0.25) is 23.5 Å².